The van der Waals surface area contributed by atoms with Gasteiger partial charge in [0.2, 0.25) is 5.89 Å². The lowest BCUT2D eigenvalue weighted by Gasteiger charge is -1.91. The molecule has 0 aliphatic carbocycles. The van der Waals surface area contributed by atoms with E-state index in [9.17, 15) is 4.79 Å². The normalized spacial score (nSPS) is 10.8. The Morgan fingerprint density at radius 2 is 2.24 bits per heavy atom. The molecule has 2 heterocycles. The van der Waals surface area contributed by atoms with Gasteiger partial charge >= 0.3 is 5.97 Å². The summed E-state index contributed by atoms with van der Waals surface area (Å²) in [5, 5.41) is 10.8. The fourth-order valence-electron chi connectivity index (χ4n) is 1.57. The summed E-state index contributed by atoms with van der Waals surface area (Å²) in [5.41, 5.74) is 1.37. The Labute approximate surface area is 100 Å². The zero-order valence-corrected chi connectivity index (χ0v) is 9.40. The molecule has 2 aromatic heterocycles. The summed E-state index contributed by atoms with van der Waals surface area (Å²) < 4.78 is 5.55. The lowest BCUT2D eigenvalue weighted by atomic mass is 10.2. The molecule has 3 rings (SSSR count). The molecule has 3 aromatic rings. The van der Waals surface area contributed by atoms with Crippen LogP contribution in [0.5, 0.6) is 0 Å². The number of oxazole rings is 1. The summed E-state index contributed by atoms with van der Waals surface area (Å²) >= 11 is 1.53. The standard InChI is InChI=1S/C12H7NO3S/c14-12(15)7-3-4-9-8(6-7)13-11(16-9)10-2-1-5-17-10/h1-6H,(H,14,15). The molecule has 1 N–H and O–H groups in total. The van der Waals surface area contributed by atoms with Crippen LogP contribution >= 0.6 is 11.3 Å². The number of aromatic nitrogens is 1. The highest BCUT2D eigenvalue weighted by Crippen LogP contribution is 2.27. The van der Waals surface area contributed by atoms with Crippen molar-refractivity contribution < 1.29 is 14.3 Å². The van der Waals surface area contributed by atoms with Gasteiger partial charge in [-0.05, 0) is 29.6 Å². The molecule has 0 spiro atoms. The number of benzene rings is 1. The first-order chi connectivity index (χ1) is 8.24. The number of carbonyl (C=O) groups is 1. The molecular formula is C12H7NO3S. The Balaban J connectivity index is 2.16. The average molecular weight is 245 g/mol. The number of thiophene rings is 1. The molecule has 0 saturated heterocycles. The molecule has 0 atom stereocenters. The maximum atomic E-state index is 10.8. The second-order valence-corrected chi connectivity index (χ2v) is 4.43. The van der Waals surface area contributed by atoms with Crippen LogP contribution in [0.4, 0.5) is 0 Å². The van der Waals surface area contributed by atoms with Crippen molar-refractivity contribution in [2.45, 2.75) is 0 Å². The van der Waals surface area contributed by atoms with Crippen molar-refractivity contribution in [2.24, 2.45) is 0 Å². The van der Waals surface area contributed by atoms with E-state index < -0.39 is 5.97 Å². The van der Waals surface area contributed by atoms with E-state index in [4.69, 9.17) is 9.52 Å². The molecule has 0 amide bonds. The van der Waals surface area contributed by atoms with Crippen LogP contribution in [0.15, 0.2) is 40.1 Å². The molecule has 0 radical (unpaired) electrons. The summed E-state index contributed by atoms with van der Waals surface area (Å²) in [7, 11) is 0. The fraction of sp³-hybridized carbons (Fsp3) is 0. The van der Waals surface area contributed by atoms with Gasteiger partial charge in [0.25, 0.3) is 0 Å². The van der Waals surface area contributed by atoms with E-state index in [0.29, 0.717) is 17.0 Å². The van der Waals surface area contributed by atoms with Crippen LogP contribution < -0.4 is 0 Å². The van der Waals surface area contributed by atoms with E-state index in [2.05, 4.69) is 4.98 Å². The predicted octanol–water partition coefficient (Wildman–Crippen LogP) is 3.25. The van der Waals surface area contributed by atoms with Gasteiger partial charge in [0.15, 0.2) is 5.58 Å². The quantitative estimate of drug-likeness (QED) is 0.752. The van der Waals surface area contributed by atoms with Gasteiger partial charge < -0.3 is 9.52 Å². The zero-order valence-electron chi connectivity index (χ0n) is 8.58. The summed E-state index contributed by atoms with van der Waals surface area (Å²) in [4.78, 5) is 16.0. The first-order valence-corrected chi connectivity index (χ1v) is 5.80. The van der Waals surface area contributed by atoms with Crippen molar-refractivity contribution in [3.05, 3.63) is 41.3 Å². The van der Waals surface area contributed by atoms with Crippen LogP contribution in [-0.2, 0) is 0 Å². The van der Waals surface area contributed by atoms with Crippen molar-refractivity contribution in [1.29, 1.82) is 0 Å². The zero-order chi connectivity index (χ0) is 11.8. The third kappa shape index (κ3) is 1.70. The van der Waals surface area contributed by atoms with Crippen molar-refractivity contribution in [2.75, 3.05) is 0 Å². The van der Waals surface area contributed by atoms with Crippen LogP contribution in [0.1, 0.15) is 10.4 Å². The van der Waals surface area contributed by atoms with Crippen molar-refractivity contribution in [1.82, 2.24) is 4.98 Å². The average Bonchev–Trinajstić information content (AvgIpc) is 2.96. The van der Waals surface area contributed by atoms with E-state index in [1.54, 1.807) is 6.07 Å². The van der Waals surface area contributed by atoms with Crippen LogP contribution in [0.2, 0.25) is 0 Å². The van der Waals surface area contributed by atoms with Gasteiger partial charge in [0.05, 0.1) is 10.4 Å². The summed E-state index contributed by atoms with van der Waals surface area (Å²) in [6, 6.07) is 8.47. The van der Waals surface area contributed by atoms with Crippen LogP contribution in [0, 0.1) is 0 Å². The summed E-state index contributed by atoms with van der Waals surface area (Å²) in [5.74, 6) is -0.440. The fourth-order valence-corrected chi connectivity index (χ4v) is 2.22. The molecule has 4 nitrogen and oxygen atoms in total. The lowest BCUT2D eigenvalue weighted by Crippen LogP contribution is -1.94. The van der Waals surface area contributed by atoms with Crippen molar-refractivity contribution in [3.8, 4) is 10.8 Å². The minimum atomic E-state index is -0.965. The van der Waals surface area contributed by atoms with E-state index >= 15 is 0 Å². The monoisotopic (exact) mass is 245 g/mol. The molecule has 0 unspecified atom stereocenters. The SMILES string of the molecule is O=C(O)c1ccc2oc(-c3cccs3)nc2c1. The lowest BCUT2D eigenvalue weighted by molar-refractivity contribution is 0.0697. The van der Waals surface area contributed by atoms with Gasteiger partial charge in [-0.25, -0.2) is 9.78 Å². The molecule has 1 aromatic carbocycles. The number of carboxylic acids is 1. The van der Waals surface area contributed by atoms with E-state index in [1.807, 2.05) is 17.5 Å². The molecule has 5 heteroatoms. The molecule has 17 heavy (non-hydrogen) atoms. The van der Waals surface area contributed by atoms with Crippen LogP contribution in [0.25, 0.3) is 21.9 Å². The number of hydrogen-bond acceptors (Lipinski definition) is 4. The largest absolute Gasteiger partial charge is 0.478 e. The molecule has 0 aliphatic heterocycles. The first-order valence-electron chi connectivity index (χ1n) is 4.92. The number of hydrogen-bond donors (Lipinski definition) is 1. The Morgan fingerprint density at radius 1 is 1.35 bits per heavy atom. The third-order valence-electron chi connectivity index (χ3n) is 2.37. The number of carboxylic acid groups (broad SMARTS) is 1. The van der Waals surface area contributed by atoms with Crippen LogP contribution in [0.3, 0.4) is 0 Å². The molecular weight excluding hydrogens is 238 g/mol. The van der Waals surface area contributed by atoms with Crippen LogP contribution in [-0.4, -0.2) is 16.1 Å². The Morgan fingerprint density at radius 3 is 2.94 bits per heavy atom. The highest BCUT2D eigenvalue weighted by Gasteiger charge is 2.11. The Bertz CT molecular complexity index is 685. The second-order valence-electron chi connectivity index (χ2n) is 3.48. The molecule has 0 bridgehead atoms. The maximum Gasteiger partial charge on any atom is 0.335 e. The Kier molecular flexibility index (Phi) is 2.19. The van der Waals surface area contributed by atoms with Gasteiger partial charge in [-0.2, -0.15) is 0 Å². The third-order valence-corrected chi connectivity index (χ3v) is 3.22. The van der Waals surface area contributed by atoms with E-state index in [-0.39, 0.29) is 5.56 Å². The van der Waals surface area contributed by atoms with Crippen molar-refractivity contribution in [3.63, 3.8) is 0 Å². The highest BCUT2D eigenvalue weighted by atomic mass is 32.1. The maximum absolute atomic E-state index is 10.8. The highest BCUT2D eigenvalue weighted by molar-refractivity contribution is 7.13. The number of rotatable bonds is 2. The number of nitrogens with zero attached hydrogens (tertiary/aromatic N) is 1. The molecule has 84 valence electrons. The Hall–Kier alpha value is -2.14. The molecule has 0 saturated carbocycles. The molecule has 0 fully saturated rings. The number of aromatic carboxylic acids is 1. The topological polar surface area (TPSA) is 63.3 Å². The van der Waals surface area contributed by atoms with E-state index in [1.165, 1.54) is 23.5 Å². The summed E-state index contributed by atoms with van der Waals surface area (Å²) in [6.07, 6.45) is 0. The smallest absolute Gasteiger partial charge is 0.335 e. The van der Waals surface area contributed by atoms with Gasteiger partial charge in [0, 0.05) is 0 Å². The van der Waals surface area contributed by atoms with E-state index in [0.717, 1.165) is 4.88 Å². The predicted molar refractivity (Wildman–Crippen MR) is 64.3 cm³/mol. The first kappa shape index (κ1) is 10.0. The number of fused-ring (bicyclic) bond motifs is 1. The van der Waals surface area contributed by atoms with Gasteiger partial charge in [0.1, 0.15) is 5.52 Å². The summed E-state index contributed by atoms with van der Waals surface area (Å²) in [6.45, 7) is 0. The second kappa shape index (κ2) is 3.71. The minimum absolute atomic E-state index is 0.212. The van der Waals surface area contributed by atoms with Gasteiger partial charge in [-0.15, -0.1) is 11.3 Å². The van der Waals surface area contributed by atoms with Gasteiger partial charge in [-0.3, -0.25) is 0 Å². The molecule has 0 aliphatic rings. The van der Waals surface area contributed by atoms with Gasteiger partial charge in [-0.1, -0.05) is 6.07 Å². The minimum Gasteiger partial charge on any atom is -0.478 e. The van der Waals surface area contributed by atoms with Crippen molar-refractivity contribution >= 4 is 28.4 Å².